The topological polar surface area (TPSA) is 90.9 Å². The van der Waals surface area contributed by atoms with E-state index in [4.69, 9.17) is 10.5 Å². The number of pyridine rings is 1. The van der Waals surface area contributed by atoms with Gasteiger partial charge in [-0.1, -0.05) is 18.2 Å². The number of nitrogens with two attached hydrogens (primary N) is 1. The van der Waals surface area contributed by atoms with Gasteiger partial charge in [0.15, 0.2) is 0 Å². The SMILES string of the molecule is Cc1cc(OCc2c(F)cccc2F)n2nc(C)c(C(=O)NCC(N)c3cccc(OC(F)F)c3)c2c1. The van der Waals surface area contributed by atoms with E-state index in [1.165, 1.54) is 28.8 Å². The van der Waals surface area contributed by atoms with Crippen LogP contribution in [0.2, 0.25) is 0 Å². The van der Waals surface area contributed by atoms with E-state index in [0.717, 1.165) is 17.7 Å². The highest BCUT2D eigenvalue weighted by atomic mass is 19.3. The Labute approximate surface area is 209 Å². The number of ether oxygens (including phenoxy) is 2. The summed E-state index contributed by atoms with van der Waals surface area (Å²) in [6, 6.07) is 12.2. The molecule has 0 aliphatic carbocycles. The van der Waals surface area contributed by atoms with E-state index < -0.39 is 30.2 Å². The lowest BCUT2D eigenvalue weighted by Gasteiger charge is -2.15. The lowest BCUT2D eigenvalue weighted by molar-refractivity contribution is -0.0499. The van der Waals surface area contributed by atoms with Gasteiger partial charge >= 0.3 is 6.61 Å². The van der Waals surface area contributed by atoms with Crippen molar-refractivity contribution < 1.29 is 31.8 Å². The van der Waals surface area contributed by atoms with Gasteiger partial charge in [0.1, 0.15) is 24.0 Å². The Morgan fingerprint density at radius 1 is 1.08 bits per heavy atom. The fourth-order valence-corrected chi connectivity index (χ4v) is 3.89. The summed E-state index contributed by atoms with van der Waals surface area (Å²) in [6.45, 7) is 0.0943. The number of aromatic nitrogens is 2. The number of carbonyl (C=O) groups is 1. The lowest BCUT2D eigenvalue weighted by atomic mass is 10.1. The molecule has 2 aromatic carbocycles. The molecule has 0 saturated carbocycles. The van der Waals surface area contributed by atoms with Gasteiger partial charge in [-0.25, -0.2) is 8.78 Å². The molecule has 37 heavy (non-hydrogen) atoms. The highest BCUT2D eigenvalue weighted by Crippen LogP contribution is 2.25. The number of amides is 1. The molecule has 0 saturated heterocycles. The summed E-state index contributed by atoms with van der Waals surface area (Å²) < 4.78 is 64.5. The first-order valence-electron chi connectivity index (χ1n) is 11.3. The molecule has 0 fully saturated rings. The van der Waals surface area contributed by atoms with Crippen molar-refractivity contribution in [3.8, 4) is 11.6 Å². The Bertz CT molecular complexity index is 1420. The second-order valence-corrected chi connectivity index (χ2v) is 8.38. The van der Waals surface area contributed by atoms with E-state index in [0.29, 0.717) is 16.8 Å². The Hall–Kier alpha value is -4.12. The first-order chi connectivity index (χ1) is 17.6. The zero-order valence-electron chi connectivity index (χ0n) is 20.0. The van der Waals surface area contributed by atoms with Gasteiger partial charge in [0.25, 0.3) is 5.91 Å². The molecular weight excluding hydrogens is 492 g/mol. The Balaban J connectivity index is 1.53. The molecule has 1 amide bonds. The van der Waals surface area contributed by atoms with Gasteiger partial charge in [-0.15, -0.1) is 0 Å². The number of benzene rings is 2. The van der Waals surface area contributed by atoms with Crippen LogP contribution in [0.3, 0.4) is 0 Å². The predicted molar refractivity (Wildman–Crippen MR) is 128 cm³/mol. The molecule has 0 bridgehead atoms. The van der Waals surface area contributed by atoms with Crippen LogP contribution in [-0.2, 0) is 6.61 Å². The molecule has 4 rings (SSSR count). The summed E-state index contributed by atoms with van der Waals surface area (Å²) in [7, 11) is 0. The number of nitrogens with one attached hydrogen (secondary N) is 1. The maximum Gasteiger partial charge on any atom is 0.387 e. The number of carbonyl (C=O) groups excluding carboxylic acids is 1. The molecule has 0 radical (unpaired) electrons. The van der Waals surface area contributed by atoms with Crippen molar-refractivity contribution in [2.45, 2.75) is 33.1 Å². The van der Waals surface area contributed by atoms with E-state index in [1.54, 1.807) is 32.0 Å². The molecule has 194 valence electrons. The number of rotatable bonds is 9. The van der Waals surface area contributed by atoms with Crippen LogP contribution in [0.15, 0.2) is 54.6 Å². The van der Waals surface area contributed by atoms with Crippen LogP contribution in [-0.4, -0.2) is 28.7 Å². The van der Waals surface area contributed by atoms with Crippen molar-refractivity contribution in [3.05, 3.63) is 94.2 Å². The second-order valence-electron chi connectivity index (χ2n) is 8.38. The number of fused-ring (bicyclic) bond motifs is 1. The molecule has 2 aromatic heterocycles. The van der Waals surface area contributed by atoms with Crippen LogP contribution in [0.25, 0.3) is 5.52 Å². The van der Waals surface area contributed by atoms with Gasteiger partial charge < -0.3 is 20.5 Å². The molecule has 3 N–H and O–H groups in total. The normalized spacial score (nSPS) is 12.1. The average molecular weight is 516 g/mol. The number of hydrogen-bond donors (Lipinski definition) is 2. The third kappa shape index (κ3) is 5.83. The smallest absolute Gasteiger partial charge is 0.387 e. The predicted octanol–water partition coefficient (Wildman–Crippen LogP) is 4.84. The molecule has 4 aromatic rings. The Kier molecular flexibility index (Phi) is 7.63. The highest BCUT2D eigenvalue weighted by Gasteiger charge is 2.21. The fourth-order valence-electron chi connectivity index (χ4n) is 3.89. The van der Waals surface area contributed by atoms with Crippen molar-refractivity contribution in [1.82, 2.24) is 14.9 Å². The van der Waals surface area contributed by atoms with Crippen LogP contribution < -0.4 is 20.5 Å². The molecule has 1 atom stereocenters. The van der Waals surface area contributed by atoms with Crippen LogP contribution >= 0.6 is 0 Å². The van der Waals surface area contributed by atoms with Gasteiger partial charge in [0.05, 0.1) is 22.3 Å². The minimum atomic E-state index is -2.96. The number of nitrogens with zero attached hydrogens (tertiary/aromatic N) is 2. The summed E-state index contributed by atoms with van der Waals surface area (Å²) >= 11 is 0. The Morgan fingerprint density at radius 3 is 2.49 bits per heavy atom. The molecule has 7 nitrogen and oxygen atoms in total. The van der Waals surface area contributed by atoms with Crippen LogP contribution in [0.5, 0.6) is 11.6 Å². The van der Waals surface area contributed by atoms with Gasteiger partial charge in [-0.05, 0) is 55.3 Å². The van der Waals surface area contributed by atoms with Crippen molar-refractivity contribution in [2.24, 2.45) is 5.73 Å². The maximum absolute atomic E-state index is 14.0. The molecule has 11 heteroatoms. The zero-order valence-corrected chi connectivity index (χ0v) is 20.0. The monoisotopic (exact) mass is 516 g/mol. The molecule has 0 aliphatic heterocycles. The third-order valence-corrected chi connectivity index (χ3v) is 5.67. The standard InChI is InChI=1S/C26H24F4N4O3/c1-14-9-22-24(25(35)32-12-21(31)16-5-3-6-17(11-16)37-26(29)30)15(2)33-34(22)23(10-14)36-13-18-19(27)7-4-8-20(18)28/h3-11,21,26H,12-13,31H2,1-2H3,(H,32,35). The van der Waals surface area contributed by atoms with Crippen LogP contribution in [0, 0.1) is 25.5 Å². The van der Waals surface area contributed by atoms with Crippen molar-refractivity contribution in [3.63, 3.8) is 0 Å². The van der Waals surface area contributed by atoms with Crippen molar-refractivity contribution >= 4 is 11.4 Å². The van der Waals surface area contributed by atoms with Crippen molar-refractivity contribution in [2.75, 3.05) is 6.54 Å². The Morgan fingerprint density at radius 2 is 1.78 bits per heavy atom. The number of hydrogen-bond acceptors (Lipinski definition) is 5. The lowest BCUT2D eigenvalue weighted by Crippen LogP contribution is -2.32. The summed E-state index contributed by atoms with van der Waals surface area (Å²) in [5.74, 6) is -1.76. The summed E-state index contributed by atoms with van der Waals surface area (Å²) in [5.41, 5.74) is 8.26. The van der Waals surface area contributed by atoms with E-state index in [-0.39, 0.29) is 35.9 Å². The van der Waals surface area contributed by atoms with E-state index in [1.807, 2.05) is 0 Å². The number of halogens is 4. The van der Waals surface area contributed by atoms with Crippen LogP contribution in [0.4, 0.5) is 17.6 Å². The molecular formula is C26H24F4N4O3. The summed E-state index contributed by atoms with van der Waals surface area (Å²) in [6.07, 6.45) is 0. The quantitative estimate of drug-likeness (QED) is 0.311. The molecule has 1 unspecified atom stereocenters. The second kappa shape index (κ2) is 10.9. The molecule has 0 aliphatic rings. The van der Waals surface area contributed by atoms with E-state index in [9.17, 15) is 22.4 Å². The van der Waals surface area contributed by atoms with Crippen molar-refractivity contribution in [1.29, 1.82) is 0 Å². The largest absolute Gasteiger partial charge is 0.473 e. The number of aryl methyl sites for hydroxylation is 2. The van der Waals surface area contributed by atoms with Crippen LogP contribution in [0.1, 0.15) is 38.8 Å². The first kappa shape index (κ1) is 26.0. The molecule has 0 spiro atoms. The minimum Gasteiger partial charge on any atom is -0.473 e. The van der Waals surface area contributed by atoms with Gasteiger partial charge in [0.2, 0.25) is 5.88 Å². The van der Waals surface area contributed by atoms with E-state index >= 15 is 0 Å². The third-order valence-electron chi connectivity index (χ3n) is 5.67. The minimum absolute atomic E-state index is 0.00940. The first-order valence-corrected chi connectivity index (χ1v) is 11.3. The summed E-state index contributed by atoms with van der Waals surface area (Å²) in [4.78, 5) is 13.1. The van der Waals surface area contributed by atoms with Gasteiger partial charge in [0, 0.05) is 18.7 Å². The van der Waals surface area contributed by atoms with E-state index in [2.05, 4.69) is 15.2 Å². The number of alkyl halides is 2. The zero-order chi connectivity index (χ0) is 26.7. The molecule has 2 heterocycles. The van der Waals surface area contributed by atoms with Gasteiger partial charge in [-0.3, -0.25) is 4.79 Å². The average Bonchev–Trinajstić information content (AvgIpc) is 3.17. The maximum atomic E-state index is 14.0. The summed E-state index contributed by atoms with van der Waals surface area (Å²) in [5, 5.41) is 7.12. The van der Waals surface area contributed by atoms with Gasteiger partial charge in [-0.2, -0.15) is 18.4 Å². The fraction of sp³-hybridized carbons (Fsp3) is 0.231. The highest BCUT2D eigenvalue weighted by molar-refractivity contribution is 6.02.